The molecule has 0 aliphatic rings. The molecule has 0 aliphatic carbocycles. The van der Waals surface area contributed by atoms with Crippen LogP contribution in [0.5, 0.6) is 0 Å². The molecule has 3 aromatic heterocycles. The smallest absolute Gasteiger partial charge is 0.191 e. The van der Waals surface area contributed by atoms with Gasteiger partial charge in [-0.2, -0.15) is 0 Å². The van der Waals surface area contributed by atoms with Gasteiger partial charge in [-0.3, -0.25) is 9.39 Å². The Morgan fingerprint density at radius 1 is 1.11 bits per heavy atom. The van der Waals surface area contributed by atoms with Gasteiger partial charge in [0.2, 0.25) is 0 Å². The highest BCUT2D eigenvalue weighted by molar-refractivity contribution is 14.0. The zero-order valence-corrected chi connectivity index (χ0v) is 18.0. The summed E-state index contributed by atoms with van der Waals surface area (Å²) in [7, 11) is 0. The lowest BCUT2D eigenvalue weighted by molar-refractivity contribution is 0.632. The van der Waals surface area contributed by atoms with Crippen molar-refractivity contribution in [2.75, 3.05) is 19.6 Å². The summed E-state index contributed by atoms with van der Waals surface area (Å²) >= 11 is 0. The second-order valence-corrected chi connectivity index (χ2v) is 5.78. The number of guanidine groups is 1. The topological polar surface area (TPSA) is 97.3 Å². The number of nitrogens with zero attached hydrogens (tertiary/aromatic N) is 7. The van der Waals surface area contributed by atoms with Crippen LogP contribution in [0.3, 0.4) is 0 Å². The van der Waals surface area contributed by atoms with E-state index in [0.29, 0.717) is 6.54 Å². The first-order valence-corrected chi connectivity index (χ1v) is 8.99. The number of pyridine rings is 1. The second-order valence-electron chi connectivity index (χ2n) is 5.78. The Hall–Kier alpha value is -2.24. The highest BCUT2D eigenvalue weighted by atomic mass is 127. The van der Waals surface area contributed by atoms with E-state index in [1.807, 2.05) is 28.8 Å². The van der Waals surface area contributed by atoms with Crippen LogP contribution in [0.15, 0.2) is 35.7 Å². The van der Waals surface area contributed by atoms with Gasteiger partial charge in [-0.05, 0) is 19.1 Å². The summed E-state index contributed by atoms with van der Waals surface area (Å²) in [5.41, 5.74) is 0.859. The molecule has 0 aromatic carbocycles. The van der Waals surface area contributed by atoms with Crippen LogP contribution in [0.4, 0.5) is 0 Å². The monoisotopic (exact) mass is 483 g/mol. The Labute approximate surface area is 175 Å². The summed E-state index contributed by atoms with van der Waals surface area (Å²) in [6.07, 6.45) is 5.34. The van der Waals surface area contributed by atoms with Crippen molar-refractivity contribution >= 4 is 35.6 Å². The fraction of sp³-hybridized carbons (Fsp3) is 0.471. The fourth-order valence-corrected chi connectivity index (χ4v) is 2.71. The van der Waals surface area contributed by atoms with Gasteiger partial charge >= 0.3 is 0 Å². The molecule has 3 rings (SSSR count). The number of halogens is 1. The normalized spacial score (nSPS) is 11.4. The predicted molar refractivity (Wildman–Crippen MR) is 115 cm³/mol. The van der Waals surface area contributed by atoms with Crippen LogP contribution in [0, 0.1) is 0 Å². The van der Waals surface area contributed by atoms with Crippen molar-refractivity contribution < 1.29 is 0 Å². The minimum absolute atomic E-state index is 0. The number of aryl methyl sites for hydroxylation is 1. The van der Waals surface area contributed by atoms with E-state index in [0.717, 1.165) is 55.7 Å². The summed E-state index contributed by atoms with van der Waals surface area (Å²) in [6.45, 7) is 7.14. The molecule has 0 fully saturated rings. The highest BCUT2D eigenvalue weighted by Crippen LogP contribution is 2.03. The molecule has 3 heterocycles. The van der Waals surface area contributed by atoms with E-state index in [9.17, 15) is 0 Å². The molecule has 0 atom stereocenters. The van der Waals surface area contributed by atoms with Crippen LogP contribution < -0.4 is 10.6 Å². The molecule has 0 saturated heterocycles. The third-order valence-electron chi connectivity index (χ3n) is 3.99. The van der Waals surface area contributed by atoms with E-state index in [1.165, 1.54) is 0 Å². The van der Waals surface area contributed by atoms with Gasteiger partial charge in [0.05, 0.1) is 0 Å². The Morgan fingerprint density at radius 3 is 2.81 bits per heavy atom. The quantitative estimate of drug-likeness (QED) is 0.285. The molecule has 146 valence electrons. The van der Waals surface area contributed by atoms with Crippen molar-refractivity contribution in [3.63, 3.8) is 0 Å². The van der Waals surface area contributed by atoms with Crippen LogP contribution in [0.2, 0.25) is 0 Å². The third-order valence-corrected chi connectivity index (χ3v) is 3.99. The molecule has 0 bridgehead atoms. The molecular formula is C17H26IN9. The van der Waals surface area contributed by atoms with Gasteiger partial charge in [-0.25, -0.2) is 0 Å². The molecular weight excluding hydrogens is 457 g/mol. The van der Waals surface area contributed by atoms with E-state index in [-0.39, 0.29) is 24.0 Å². The second kappa shape index (κ2) is 10.8. The Morgan fingerprint density at radius 2 is 2.00 bits per heavy atom. The highest BCUT2D eigenvalue weighted by Gasteiger charge is 2.05. The molecule has 0 saturated carbocycles. The zero-order valence-electron chi connectivity index (χ0n) is 15.7. The molecule has 0 amide bonds. The van der Waals surface area contributed by atoms with Gasteiger partial charge in [0.15, 0.2) is 11.6 Å². The Balaban J connectivity index is 0.00000261. The van der Waals surface area contributed by atoms with E-state index in [1.54, 1.807) is 6.33 Å². The van der Waals surface area contributed by atoms with Gasteiger partial charge in [-0.15, -0.1) is 44.4 Å². The first-order chi connectivity index (χ1) is 12.8. The molecule has 10 heteroatoms. The lowest BCUT2D eigenvalue weighted by atomic mass is 10.4. The maximum atomic E-state index is 4.63. The predicted octanol–water partition coefficient (Wildman–Crippen LogP) is 1.30. The molecule has 27 heavy (non-hydrogen) atoms. The first-order valence-electron chi connectivity index (χ1n) is 8.99. The number of hydrogen-bond donors (Lipinski definition) is 2. The van der Waals surface area contributed by atoms with E-state index in [4.69, 9.17) is 0 Å². The van der Waals surface area contributed by atoms with Gasteiger partial charge in [-0.1, -0.05) is 13.0 Å². The molecule has 0 spiro atoms. The van der Waals surface area contributed by atoms with Crippen molar-refractivity contribution in [2.24, 2.45) is 4.99 Å². The van der Waals surface area contributed by atoms with Crippen LogP contribution in [-0.4, -0.2) is 55.0 Å². The van der Waals surface area contributed by atoms with Gasteiger partial charge < -0.3 is 15.2 Å². The standard InChI is InChI=1S/C17H25N9.HI/c1-3-14-22-21-13-25(14)12-10-20-17(18-4-2)19-9-8-16-24-23-15-7-5-6-11-26(15)16;/h5-7,11,13H,3-4,8-10,12H2,1-2H3,(H2,18,19,20);1H. The van der Waals surface area contributed by atoms with Crippen LogP contribution >= 0.6 is 24.0 Å². The van der Waals surface area contributed by atoms with Crippen LogP contribution in [-0.2, 0) is 19.4 Å². The van der Waals surface area contributed by atoms with Crippen LogP contribution in [0.1, 0.15) is 25.5 Å². The largest absolute Gasteiger partial charge is 0.357 e. The average Bonchev–Trinajstić information content (AvgIpc) is 3.28. The SMILES string of the molecule is CCNC(=NCCc1nnc2ccccn12)NCCn1cnnc1CC.I. The van der Waals surface area contributed by atoms with Gasteiger partial charge in [0.1, 0.15) is 18.0 Å². The number of aliphatic imine (C=N–C) groups is 1. The van der Waals surface area contributed by atoms with E-state index < -0.39 is 0 Å². The average molecular weight is 483 g/mol. The maximum Gasteiger partial charge on any atom is 0.191 e. The lowest BCUT2D eigenvalue weighted by Gasteiger charge is -2.12. The summed E-state index contributed by atoms with van der Waals surface area (Å²) in [4.78, 5) is 4.63. The fourth-order valence-electron chi connectivity index (χ4n) is 2.71. The number of nitrogens with one attached hydrogen (secondary N) is 2. The summed E-state index contributed by atoms with van der Waals surface area (Å²) in [6, 6.07) is 5.88. The van der Waals surface area contributed by atoms with E-state index in [2.05, 4.69) is 54.4 Å². The number of hydrogen-bond acceptors (Lipinski definition) is 5. The van der Waals surface area contributed by atoms with Crippen molar-refractivity contribution in [3.05, 3.63) is 42.4 Å². The van der Waals surface area contributed by atoms with Crippen molar-refractivity contribution in [1.82, 2.24) is 40.0 Å². The van der Waals surface area contributed by atoms with Crippen molar-refractivity contribution in [2.45, 2.75) is 33.2 Å². The minimum Gasteiger partial charge on any atom is -0.357 e. The number of aromatic nitrogens is 6. The van der Waals surface area contributed by atoms with Crippen molar-refractivity contribution in [3.8, 4) is 0 Å². The van der Waals surface area contributed by atoms with Gasteiger partial charge in [0, 0.05) is 45.2 Å². The molecule has 9 nitrogen and oxygen atoms in total. The number of fused-ring (bicyclic) bond motifs is 1. The summed E-state index contributed by atoms with van der Waals surface area (Å²) in [5, 5.41) is 23.1. The first kappa shape index (κ1) is 21.1. The third kappa shape index (κ3) is 5.62. The maximum absolute atomic E-state index is 4.63. The minimum atomic E-state index is 0. The molecule has 0 aliphatic heterocycles. The molecule has 0 radical (unpaired) electrons. The van der Waals surface area contributed by atoms with Gasteiger partial charge in [0.25, 0.3) is 0 Å². The van der Waals surface area contributed by atoms with Crippen molar-refractivity contribution in [1.29, 1.82) is 0 Å². The number of rotatable bonds is 8. The van der Waals surface area contributed by atoms with Crippen LogP contribution in [0.25, 0.3) is 5.65 Å². The van der Waals surface area contributed by atoms with E-state index >= 15 is 0 Å². The summed E-state index contributed by atoms with van der Waals surface area (Å²) in [5.74, 6) is 2.71. The molecule has 2 N–H and O–H groups in total. The zero-order chi connectivity index (χ0) is 18.2. The Kier molecular flexibility index (Phi) is 8.43. The molecule has 3 aromatic rings. The summed E-state index contributed by atoms with van der Waals surface area (Å²) < 4.78 is 4.05. The lowest BCUT2D eigenvalue weighted by Crippen LogP contribution is -2.39. The molecule has 0 unspecified atom stereocenters. The Bertz CT molecular complexity index is 855.